The molecular formula is C13H19ClN2OS. The van der Waals surface area contributed by atoms with Gasteiger partial charge >= 0.3 is 0 Å². The minimum atomic E-state index is 0. The van der Waals surface area contributed by atoms with Gasteiger partial charge in [0.1, 0.15) is 0 Å². The zero-order valence-electron chi connectivity index (χ0n) is 10.5. The van der Waals surface area contributed by atoms with Crippen LogP contribution in [0.5, 0.6) is 0 Å². The van der Waals surface area contributed by atoms with E-state index in [1.807, 2.05) is 17.0 Å². The largest absolute Gasteiger partial charge is 0.338 e. The number of rotatable bonds is 1. The zero-order valence-corrected chi connectivity index (χ0v) is 12.1. The molecule has 0 bridgehead atoms. The van der Waals surface area contributed by atoms with Crippen molar-refractivity contribution in [2.75, 3.05) is 19.6 Å². The standard InChI is InChI=1S/C13H18N2OS.ClH/c1-9-2-3-12(17-9)13(16)15-7-5-11-10(8-15)4-6-14-11;/h2-3,10-11,14H,4-8H2,1H3;1H. The molecule has 1 amide bonds. The lowest BCUT2D eigenvalue weighted by Gasteiger charge is -2.34. The molecule has 2 atom stereocenters. The van der Waals surface area contributed by atoms with Crippen LogP contribution in [0.25, 0.3) is 0 Å². The van der Waals surface area contributed by atoms with Gasteiger partial charge in [-0.1, -0.05) is 0 Å². The molecule has 0 spiro atoms. The molecule has 2 aliphatic heterocycles. The maximum atomic E-state index is 12.3. The molecule has 2 fully saturated rings. The van der Waals surface area contributed by atoms with Crippen LogP contribution in [0, 0.1) is 12.8 Å². The molecule has 18 heavy (non-hydrogen) atoms. The molecule has 3 rings (SSSR count). The number of carbonyl (C=O) groups excluding carboxylic acids is 1. The number of thiophene rings is 1. The fourth-order valence-corrected chi connectivity index (χ4v) is 3.77. The third-order valence-corrected chi connectivity index (χ3v) is 4.88. The highest BCUT2D eigenvalue weighted by molar-refractivity contribution is 7.13. The summed E-state index contributed by atoms with van der Waals surface area (Å²) in [4.78, 5) is 16.5. The van der Waals surface area contributed by atoms with Gasteiger partial charge in [0.2, 0.25) is 0 Å². The number of carbonyl (C=O) groups is 1. The van der Waals surface area contributed by atoms with Crippen LogP contribution >= 0.6 is 23.7 Å². The fraction of sp³-hybridized carbons (Fsp3) is 0.615. The number of nitrogens with zero attached hydrogens (tertiary/aromatic N) is 1. The van der Waals surface area contributed by atoms with Crippen LogP contribution in [0.2, 0.25) is 0 Å². The second kappa shape index (κ2) is 5.59. The molecule has 1 aromatic rings. The first-order chi connectivity index (χ1) is 8.24. The van der Waals surface area contributed by atoms with Crippen molar-refractivity contribution in [3.63, 3.8) is 0 Å². The molecule has 2 saturated heterocycles. The Labute approximate surface area is 118 Å². The van der Waals surface area contributed by atoms with Crippen molar-refractivity contribution in [3.05, 3.63) is 21.9 Å². The topological polar surface area (TPSA) is 32.3 Å². The zero-order chi connectivity index (χ0) is 11.8. The second-order valence-electron chi connectivity index (χ2n) is 5.06. The summed E-state index contributed by atoms with van der Waals surface area (Å²) in [7, 11) is 0. The van der Waals surface area contributed by atoms with Crippen LogP contribution in [-0.4, -0.2) is 36.5 Å². The third-order valence-electron chi connectivity index (χ3n) is 3.89. The number of amides is 1. The van der Waals surface area contributed by atoms with Crippen LogP contribution in [0.4, 0.5) is 0 Å². The Balaban J connectivity index is 0.00000120. The molecule has 0 radical (unpaired) electrons. The van der Waals surface area contributed by atoms with E-state index in [2.05, 4.69) is 12.2 Å². The molecule has 1 N–H and O–H groups in total. The smallest absolute Gasteiger partial charge is 0.263 e. The number of hydrogen-bond acceptors (Lipinski definition) is 3. The maximum Gasteiger partial charge on any atom is 0.263 e. The van der Waals surface area contributed by atoms with Crippen molar-refractivity contribution < 1.29 is 4.79 Å². The number of piperidine rings is 1. The lowest BCUT2D eigenvalue weighted by Crippen LogP contribution is -2.46. The Morgan fingerprint density at radius 3 is 3.00 bits per heavy atom. The number of nitrogens with one attached hydrogen (secondary N) is 1. The summed E-state index contributed by atoms with van der Waals surface area (Å²) in [6.45, 7) is 5.02. The van der Waals surface area contributed by atoms with E-state index in [4.69, 9.17) is 0 Å². The lowest BCUT2D eigenvalue weighted by molar-refractivity contribution is 0.0667. The Morgan fingerprint density at radius 1 is 1.44 bits per heavy atom. The van der Waals surface area contributed by atoms with Crippen LogP contribution < -0.4 is 5.32 Å². The molecule has 3 nitrogen and oxygen atoms in total. The predicted octanol–water partition coefficient (Wildman–Crippen LogP) is 2.30. The minimum Gasteiger partial charge on any atom is -0.338 e. The maximum absolute atomic E-state index is 12.3. The van der Waals surface area contributed by atoms with E-state index in [1.54, 1.807) is 11.3 Å². The number of likely N-dealkylation sites (tertiary alicyclic amines) is 1. The number of fused-ring (bicyclic) bond motifs is 1. The average Bonchev–Trinajstić information content (AvgIpc) is 2.95. The van der Waals surface area contributed by atoms with Gasteiger partial charge in [0.05, 0.1) is 4.88 Å². The molecule has 1 aromatic heterocycles. The van der Waals surface area contributed by atoms with Gasteiger partial charge in [0.25, 0.3) is 5.91 Å². The van der Waals surface area contributed by atoms with Gasteiger partial charge < -0.3 is 10.2 Å². The Bertz CT molecular complexity index is 434. The first-order valence-corrected chi connectivity index (χ1v) is 7.15. The Hall–Kier alpha value is -0.580. The monoisotopic (exact) mass is 286 g/mol. The minimum absolute atomic E-state index is 0. The van der Waals surface area contributed by atoms with E-state index in [9.17, 15) is 4.79 Å². The molecule has 5 heteroatoms. The Morgan fingerprint density at radius 2 is 2.28 bits per heavy atom. The highest BCUT2D eigenvalue weighted by atomic mass is 35.5. The van der Waals surface area contributed by atoms with Crippen LogP contribution in [0.3, 0.4) is 0 Å². The summed E-state index contributed by atoms with van der Waals surface area (Å²) in [6, 6.07) is 4.65. The van der Waals surface area contributed by atoms with Gasteiger partial charge in [0.15, 0.2) is 0 Å². The highest BCUT2D eigenvalue weighted by Gasteiger charge is 2.34. The summed E-state index contributed by atoms with van der Waals surface area (Å²) >= 11 is 1.61. The molecule has 100 valence electrons. The first-order valence-electron chi connectivity index (χ1n) is 6.33. The highest BCUT2D eigenvalue weighted by Crippen LogP contribution is 2.26. The molecule has 2 unspecified atom stereocenters. The van der Waals surface area contributed by atoms with Crippen molar-refractivity contribution in [2.45, 2.75) is 25.8 Å². The fourth-order valence-electron chi connectivity index (χ4n) is 2.94. The van der Waals surface area contributed by atoms with E-state index in [1.165, 1.54) is 11.3 Å². The number of hydrogen-bond donors (Lipinski definition) is 1. The summed E-state index contributed by atoms with van der Waals surface area (Å²) in [5.41, 5.74) is 0. The normalized spacial score (nSPS) is 26.6. The van der Waals surface area contributed by atoms with Gasteiger partial charge in [-0.15, -0.1) is 23.7 Å². The lowest BCUT2D eigenvalue weighted by atomic mass is 9.93. The summed E-state index contributed by atoms with van der Waals surface area (Å²) in [5.74, 6) is 0.905. The van der Waals surface area contributed by atoms with E-state index >= 15 is 0 Å². The van der Waals surface area contributed by atoms with E-state index in [-0.39, 0.29) is 18.3 Å². The average molecular weight is 287 g/mol. The van der Waals surface area contributed by atoms with E-state index in [0.717, 1.165) is 30.9 Å². The van der Waals surface area contributed by atoms with Crippen LogP contribution in [-0.2, 0) is 0 Å². The SMILES string of the molecule is Cc1ccc(C(=O)N2CCC3NCCC3C2)s1.Cl. The molecule has 2 aliphatic rings. The molecule has 0 aliphatic carbocycles. The third kappa shape index (κ3) is 2.56. The summed E-state index contributed by atoms with van der Waals surface area (Å²) < 4.78 is 0. The number of halogens is 1. The van der Waals surface area contributed by atoms with E-state index in [0.29, 0.717) is 12.0 Å². The molecule has 0 saturated carbocycles. The predicted molar refractivity (Wildman–Crippen MR) is 76.7 cm³/mol. The van der Waals surface area contributed by atoms with Crippen molar-refractivity contribution in [1.29, 1.82) is 0 Å². The molecule has 0 aromatic carbocycles. The molecule has 3 heterocycles. The first kappa shape index (κ1) is 13.8. The van der Waals surface area contributed by atoms with E-state index < -0.39 is 0 Å². The van der Waals surface area contributed by atoms with Crippen molar-refractivity contribution >= 4 is 29.7 Å². The number of aryl methyl sites for hydroxylation is 1. The summed E-state index contributed by atoms with van der Waals surface area (Å²) in [5, 5.41) is 3.53. The second-order valence-corrected chi connectivity index (χ2v) is 6.35. The van der Waals surface area contributed by atoms with Crippen molar-refractivity contribution in [2.24, 2.45) is 5.92 Å². The van der Waals surface area contributed by atoms with Crippen molar-refractivity contribution in [3.8, 4) is 0 Å². The van der Waals surface area contributed by atoms with Gasteiger partial charge in [-0.25, -0.2) is 0 Å². The van der Waals surface area contributed by atoms with Crippen LogP contribution in [0.1, 0.15) is 27.4 Å². The van der Waals surface area contributed by atoms with Gasteiger partial charge in [-0.05, 0) is 44.4 Å². The van der Waals surface area contributed by atoms with Crippen molar-refractivity contribution in [1.82, 2.24) is 10.2 Å². The summed E-state index contributed by atoms with van der Waals surface area (Å²) in [6.07, 6.45) is 2.33. The quantitative estimate of drug-likeness (QED) is 0.859. The van der Waals surface area contributed by atoms with Gasteiger partial charge in [-0.3, -0.25) is 4.79 Å². The van der Waals surface area contributed by atoms with Gasteiger partial charge in [0, 0.05) is 24.0 Å². The van der Waals surface area contributed by atoms with Crippen LogP contribution in [0.15, 0.2) is 12.1 Å². The van der Waals surface area contributed by atoms with Gasteiger partial charge in [-0.2, -0.15) is 0 Å². The Kier molecular flexibility index (Phi) is 4.30. The molecular weight excluding hydrogens is 268 g/mol.